The minimum atomic E-state index is -3.39. The summed E-state index contributed by atoms with van der Waals surface area (Å²) in [6, 6.07) is 7.08. The van der Waals surface area contributed by atoms with Gasteiger partial charge in [-0.1, -0.05) is 18.6 Å². The standard InChI is InChI=1S/C21H31N5O2S2/c1-4-22-21(24-15-20-16(2)25-17(3)29-20)23-14-18-8-10-19(11-9-18)30(27,28)26-12-6-5-7-13-26/h8-11H,4-7,12-15H2,1-3H3,(H2,22,23,24). The summed E-state index contributed by atoms with van der Waals surface area (Å²) in [6.07, 6.45) is 2.98. The summed E-state index contributed by atoms with van der Waals surface area (Å²) < 4.78 is 27.1. The van der Waals surface area contributed by atoms with Crippen molar-refractivity contribution in [2.75, 3.05) is 19.6 Å². The fourth-order valence-electron chi connectivity index (χ4n) is 3.43. The van der Waals surface area contributed by atoms with Crippen LogP contribution in [0.4, 0.5) is 0 Å². The van der Waals surface area contributed by atoms with E-state index in [2.05, 4.69) is 20.6 Å². The Balaban J connectivity index is 1.63. The number of hydrogen-bond donors (Lipinski definition) is 2. The molecule has 0 radical (unpaired) electrons. The highest BCUT2D eigenvalue weighted by atomic mass is 32.2. The van der Waals surface area contributed by atoms with Crippen LogP contribution in [0.25, 0.3) is 0 Å². The van der Waals surface area contributed by atoms with Crippen molar-refractivity contribution in [3.05, 3.63) is 45.4 Å². The van der Waals surface area contributed by atoms with Gasteiger partial charge >= 0.3 is 0 Å². The maximum absolute atomic E-state index is 12.8. The van der Waals surface area contributed by atoms with E-state index < -0.39 is 10.0 Å². The number of thiazole rings is 1. The molecule has 0 unspecified atom stereocenters. The minimum Gasteiger partial charge on any atom is -0.357 e. The molecule has 2 aromatic rings. The lowest BCUT2D eigenvalue weighted by molar-refractivity contribution is 0.346. The Labute approximate surface area is 183 Å². The van der Waals surface area contributed by atoms with Crippen LogP contribution in [0.15, 0.2) is 34.2 Å². The molecule has 1 fully saturated rings. The van der Waals surface area contributed by atoms with Crippen LogP contribution in [0.5, 0.6) is 0 Å². The lowest BCUT2D eigenvalue weighted by Gasteiger charge is -2.25. The first kappa shape index (κ1) is 22.7. The molecule has 2 N–H and O–H groups in total. The molecular weight excluding hydrogens is 418 g/mol. The third kappa shape index (κ3) is 5.80. The van der Waals surface area contributed by atoms with Gasteiger partial charge in [0.25, 0.3) is 0 Å². The average Bonchev–Trinajstić information content (AvgIpc) is 3.08. The third-order valence-corrected chi connectivity index (χ3v) is 8.04. The van der Waals surface area contributed by atoms with Gasteiger partial charge in [0.1, 0.15) is 0 Å². The number of nitrogens with zero attached hydrogens (tertiary/aromatic N) is 3. The molecule has 0 atom stereocenters. The maximum atomic E-state index is 12.8. The lowest BCUT2D eigenvalue weighted by atomic mass is 10.2. The summed E-state index contributed by atoms with van der Waals surface area (Å²) in [5.41, 5.74) is 2.01. The van der Waals surface area contributed by atoms with Gasteiger partial charge in [0.2, 0.25) is 10.0 Å². The highest BCUT2D eigenvalue weighted by Crippen LogP contribution is 2.21. The van der Waals surface area contributed by atoms with Crippen molar-refractivity contribution in [3.8, 4) is 0 Å². The number of nitrogens with one attached hydrogen (secondary N) is 2. The normalized spacial score (nSPS) is 15.9. The zero-order valence-electron chi connectivity index (χ0n) is 17.9. The molecule has 9 heteroatoms. The van der Waals surface area contributed by atoms with Crippen molar-refractivity contribution in [1.82, 2.24) is 19.9 Å². The van der Waals surface area contributed by atoms with Gasteiger partial charge < -0.3 is 10.6 Å². The van der Waals surface area contributed by atoms with Crippen LogP contribution in [0.1, 0.15) is 47.3 Å². The highest BCUT2D eigenvalue weighted by molar-refractivity contribution is 7.89. The summed E-state index contributed by atoms with van der Waals surface area (Å²) in [5, 5.41) is 7.66. The first-order valence-corrected chi connectivity index (χ1v) is 12.7. The molecule has 3 rings (SSSR count). The fraction of sp³-hybridized carbons (Fsp3) is 0.524. The molecule has 0 amide bonds. The molecule has 164 valence electrons. The highest BCUT2D eigenvalue weighted by Gasteiger charge is 2.25. The number of piperidine rings is 1. The van der Waals surface area contributed by atoms with E-state index in [0.717, 1.165) is 48.0 Å². The molecule has 1 aromatic heterocycles. The second-order valence-electron chi connectivity index (χ2n) is 7.40. The van der Waals surface area contributed by atoms with E-state index in [-0.39, 0.29) is 0 Å². The zero-order chi connectivity index (χ0) is 21.6. The molecule has 0 bridgehead atoms. The van der Waals surface area contributed by atoms with Crippen molar-refractivity contribution < 1.29 is 8.42 Å². The van der Waals surface area contributed by atoms with Crippen LogP contribution < -0.4 is 10.6 Å². The molecule has 0 saturated carbocycles. The predicted molar refractivity (Wildman–Crippen MR) is 122 cm³/mol. The Morgan fingerprint density at radius 3 is 2.43 bits per heavy atom. The van der Waals surface area contributed by atoms with E-state index in [1.54, 1.807) is 27.8 Å². The predicted octanol–water partition coefficient (Wildman–Crippen LogP) is 3.19. The summed E-state index contributed by atoms with van der Waals surface area (Å²) in [6.45, 7) is 9.20. The maximum Gasteiger partial charge on any atom is 0.243 e. The molecule has 1 aliphatic heterocycles. The minimum absolute atomic E-state index is 0.359. The van der Waals surface area contributed by atoms with Crippen molar-refractivity contribution >= 4 is 27.3 Å². The zero-order valence-corrected chi connectivity index (χ0v) is 19.6. The molecule has 1 saturated heterocycles. The number of aryl methyl sites for hydroxylation is 2. The van der Waals surface area contributed by atoms with Crippen molar-refractivity contribution in [2.24, 2.45) is 4.99 Å². The SMILES string of the molecule is CCNC(=NCc1ccc(S(=O)(=O)N2CCCCC2)cc1)NCc1sc(C)nc1C. The lowest BCUT2D eigenvalue weighted by Crippen LogP contribution is -2.36. The largest absolute Gasteiger partial charge is 0.357 e. The first-order valence-electron chi connectivity index (χ1n) is 10.4. The molecule has 30 heavy (non-hydrogen) atoms. The molecule has 0 spiro atoms. The topological polar surface area (TPSA) is 86.7 Å². The van der Waals surface area contributed by atoms with Crippen molar-refractivity contribution in [3.63, 3.8) is 0 Å². The number of benzene rings is 1. The molecular formula is C21H31N5O2S2. The van der Waals surface area contributed by atoms with E-state index in [1.807, 2.05) is 32.9 Å². The van der Waals surface area contributed by atoms with E-state index in [0.29, 0.717) is 31.1 Å². The first-order chi connectivity index (χ1) is 14.4. The Morgan fingerprint density at radius 1 is 1.13 bits per heavy atom. The Kier molecular flexibility index (Phi) is 7.85. The van der Waals surface area contributed by atoms with Gasteiger partial charge in [0.15, 0.2) is 5.96 Å². The Bertz CT molecular complexity index is 962. The quantitative estimate of drug-likeness (QED) is 0.501. The van der Waals surface area contributed by atoms with Gasteiger partial charge in [-0.15, -0.1) is 11.3 Å². The molecule has 1 aliphatic rings. The Hall–Kier alpha value is -1.97. The van der Waals surface area contributed by atoms with Gasteiger partial charge in [-0.3, -0.25) is 0 Å². The molecule has 2 heterocycles. The van der Waals surface area contributed by atoms with Gasteiger partial charge in [-0.05, 0) is 51.3 Å². The average molecular weight is 450 g/mol. The van der Waals surface area contributed by atoms with Gasteiger partial charge in [0, 0.05) is 24.5 Å². The van der Waals surface area contributed by atoms with Crippen molar-refractivity contribution in [1.29, 1.82) is 0 Å². The second-order valence-corrected chi connectivity index (χ2v) is 10.6. The van der Waals surface area contributed by atoms with Crippen LogP contribution >= 0.6 is 11.3 Å². The van der Waals surface area contributed by atoms with E-state index in [9.17, 15) is 8.42 Å². The van der Waals surface area contributed by atoms with Gasteiger partial charge in [-0.25, -0.2) is 18.4 Å². The Morgan fingerprint density at radius 2 is 1.83 bits per heavy atom. The summed E-state index contributed by atoms with van der Waals surface area (Å²) in [4.78, 5) is 10.7. The van der Waals surface area contributed by atoms with E-state index >= 15 is 0 Å². The van der Waals surface area contributed by atoms with Crippen LogP contribution in [-0.2, 0) is 23.1 Å². The molecule has 0 aliphatic carbocycles. The third-order valence-electron chi connectivity index (χ3n) is 5.06. The van der Waals surface area contributed by atoms with Crippen LogP contribution in [0.3, 0.4) is 0 Å². The van der Waals surface area contributed by atoms with Gasteiger partial charge in [0.05, 0.1) is 28.7 Å². The molecule has 7 nitrogen and oxygen atoms in total. The number of rotatable bonds is 7. The van der Waals surface area contributed by atoms with Crippen LogP contribution in [0, 0.1) is 13.8 Å². The number of aliphatic imine (C=N–C) groups is 1. The summed E-state index contributed by atoms with van der Waals surface area (Å²) >= 11 is 1.69. The van der Waals surface area contributed by atoms with Crippen LogP contribution in [0.2, 0.25) is 0 Å². The number of hydrogen-bond acceptors (Lipinski definition) is 5. The fourth-order valence-corrected chi connectivity index (χ4v) is 5.83. The smallest absolute Gasteiger partial charge is 0.243 e. The second kappa shape index (κ2) is 10.4. The van der Waals surface area contributed by atoms with E-state index in [4.69, 9.17) is 0 Å². The van der Waals surface area contributed by atoms with E-state index in [1.165, 1.54) is 4.88 Å². The summed E-state index contributed by atoms with van der Waals surface area (Å²) in [7, 11) is -3.39. The number of guanidine groups is 1. The van der Waals surface area contributed by atoms with Gasteiger partial charge in [-0.2, -0.15) is 4.31 Å². The number of sulfonamides is 1. The monoisotopic (exact) mass is 449 g/mol. The van der Waals surface area contributed by atoms with Crippen LogP contribution in [-0.4, -0.2) is 43.3 Å². The molecule has 1 aromatic carbocycles. The van der Waals surface area contributed by atoms with Crippen molar-refractivity contribution in [2.45, 2.75) is 58.0 Å². The summed E-state index contributed by atoms with van der Waals surface area (Å²) in [5.74, 6) is 0.730. The number of aromatic nitrogens is 1.